The van der Waals surface area contributed by atoms with Crippen molar-refractivity contribution < 1.29 is 30.3 Å². The van der Waals surface area contributed by atoms with Crippen LogP contribution in [-0.4, -0.2) is 62.3 Å². The van der Waals surface area contributed by atoms with E-state index >= 15 is 0 Å². The average Bonchev–Trinajstić information content (AvgIpc) is 2.31. The molecule has 16 heavy (non-hydrogen) atoms. The van der Waals surface area contributed by atoms with Crippen LogP contribution in [0.15, 0.2) is 12.7 Å². The van der Waals surface area contributed by atoms with Gasteiger partial charge in [0.15, 0.2) is 5.78 Å². The van der Waals surface area contributed by atoms with E-state index in [1.165, 1.54) is 6.08 Å². The number of hydrogen-bond acceptors (Lipinski definition) is 6. The zero-order valence-corrected chi connectivity index (χ0v) is 8.86. The summed E-state index contributed by atoms with van der Waals surface area (Å²) in [7, 11) is 0. The van der Waals surface area contributed by atoms with Gasteiger partial charge in [0.05, 0.1) is 6.61 Å². The topological polar surface area (TPSA) is 118 Å². The van der Waals surface area contributed by atoms with E-state index in [-0.39, 0.29) is 6.42 Å². The normalized spacial score (nSPS) is 18.6. The van der Waals surface area contributed by atoms with Gasteiger partial charge >= 0.3 is 0 Å². The van der Waals surface area contributed by atoms with E-state index in [1.54, 1.807) is 0 Å². The van der Waals surface area contributed by atoms with Crippen LogP contribution in [0.2, 0.25) is 0 Å². The average molecular weight is 234 g/mol. The Labute approximate surface area is 93.5 Å². The fourth-order valence-corrected chi connectivity index (χ4v) is 1.11. The Morgan fingerprint density at radius 3 is 2.19 bits per heavy atom. The molecule has 0 saturated heterocycles. The van der Waals surface area contributed by atoms with Crippen molar-refractivity contribution in [1.82, 2.24) is 0 Å². The van der Waals surface area contributed by atoms with Crippen molar-refractivity contribution in [3.63, 3.8) is 0 Å². The van der Waals surface area contributed by atoms with Gasteiger partial charge in [-0.3, -0.25) is 4.79 Å². The van der Waals surface area contributed by atoms with Crippen LogP contribution in [0.5, 0.6) is 0 Å². The summed E-state index contributed by atoms with van der Waals surface area (Å²) in [5, 5.41) is 45.4. The number of carbonyl (C=O) groups excluding carboxylic acids is 1. The molecule has 0 heterocycles. The summed E-state index contributed by atoms with van der Waals surface area (Å²) >= 11 is 0. The van der Waals surface area contributed by atoms with E-state index in [1.807, 2.05) is 0 Å². The molecule has 94 valence electrons. The number of aliphatic hydroxyl groups is 5. The smallest absolute Gasteiger partial charge is 0.164 e. The molecule has 0 aromatic carbocycles. The highest BCUT2D eigenvalue weighted by molar-refractivity contribution is 5.83. The van der Waals surface area contributed by atoms with Crippen molar-refractivity contribution in [3.05, 3.63) is 12.7 Å². The van der Waals surface area contributed by atoms with Gasteiger partial charge in [-0.15, -0.1) is 6.58 Å². The van der Waals surface area contributed by atoms with Crippen LogP contribution in [0.25, 0.3) is 0 Å². The molecule has 6 heteroatoms. The predicted octanol–water partition coefficient (Wildman–Crippen LogP) is -2.04. The van der Waals surface area contributed by atoms with Gasteiger partial charge in [-0.1, -0.05) is 6.08 Å². The second-order valence-corrected chi connectivity index (χ2v) is 3.47. The highest BCUT2D eigenvalue weighted by atomic mass is 16.4. The molecule has 0 aromatic rings. The molecule has 0 aromatic heterocycles. The maximum atomic E-state index is 11.2. The first kappa shape index (κ1) is 15.2. The van der Waals surface area contributed by atoms with Gasteiger partial charge in [-0.2, -0.15) is 0 Å². The van der Waals surface area contributed by atoms with Crippen molar-refractivity contribution in [2.75, 3.05) is 6.61 Å². The Balaban J connectivity index is 4.30. The summed E-state index contributed by atoms with van der Waals surface area (Å²) in [4.78, 5) is 11.2. The molecule has 0 radical (unpaired) electrons. The fourth-order valence-electron chi connectivity index (χ4n) is 1.11. The number of hydrogen-bond donors (Lipinski definition) is 5. The molecule has 0 spiro atoms. The number of Topliss-reactive ketones (excluding diaryl/α,β-unsaturated/α-hetero) is 1. The molecule has 0 aliphatic heterocycles. The maximum absolute atomic E-state index is 11.2. The summed E-state index contributed by atoms with van der Waals surface area (Å²) in [5.74, 6) is -0.656. The van der Waals surface area contributed by atoms with Crippen molar-refractivity contribution in [2.24, 2.45) is 0 Å². The lowest BCUT2D eigenvalue weighted by Gasteiger charge is -2.24. The molecule has 0 unspecified atom stereocenters. The van der Waals surface area contributed by atoms with Gasteiger partial charge in [-0.05, 0) is 6.42 Å². The van der Waals surface area contributed by atoms with Crippen LogP contribution >= 0.6 is 0 Å². The molecule has 0 saturated carbocycles. The van der Waals surface area contributed by atoms with Gasteiger partial charge in [-0.25, -0.2) is 0 Å². The van der Waals surface area contributed by atoms with Gasteiger partial charge in [0.1, 0.15) is 24.4 Å². The third-order valence-electron chi connectivity index (χ3n) is 2.18. The number of rotatable bonds is 8. The van der Waals surface area contributed by atoms with Crippen LogP contribution in [0.3, 0.4) is 0 Å². The van der Waals surface area contributed by atoms with Crippen molar-refractivity contribution in [2.45, 2.75) is 37.3 Å². The molecule has 5 N–H and O–H groups in total. The minimum Gasteiger partial charge on any atom is -0.394 e. The Morgan fingerprint density at radius 2 is 1.75 bits per heavy atom. The number of allylic oxidation sites excluding steroid dienone is 1. The number of carbonyl (C=O) groups is 1. The first-order chi connectivity index (χ1) is 7.45. The molecule has 0 amide bonds. The van der Waals surface area contributed by atoms with E-state index < -0.39 is 36.8 Å². The highest BCUT2D eigenvalue weighted by Gasteiger charge is 2.33. The quantitative estimate of drug-likeness (QED) is 0.309. The fraction of sp³-hybridized carbons (Fsp3) is 0.700. The predicted molar refractivity (Wildman–Crippen MR) is 55.6 cm³/mol. The summed E-state index contributed by atoms with van der Waals surface area (Å²) < 4.78 is 0. The lowest BCUT2D eigenvalue weighted by molar-refractivity contribution is -0.146. The van der Waals surface area contributed by atoms with E-state index in [9.17, 15) is 20.1 Å². The highest BCUT2D eigenvalue weighted by Crippen LogP contribution is 2.08. The SMILES string of the molecule is C=CCCC(=O)[C@H](O)[C@@H](O)[C@H](O)[C@H](O)CO. The summed E-state index contributed by atoms with van der Waals surface area (Å²) in [5.41, 5.74) is 0. The minimum absolute atomic E-state index is 0.0103. The molecule has 0 bridgehead atoms. The molecule has 0 aliphatic carbocycles. The molecule has 6 nitrogen and oxygen atoms in total. The second kappa shape index (κ2) is 7.48. The lowest BCUT2D eigenvalue weighted by Crippen LogP contribution is -2.48. The van der Waals surface area contributed by atoms with Gasteiger partial charge < -0.3 is 25.5 Å². The van der Waals surface area contributed by atoms with E-state index in [2.05, 4.69) is 6.58 Å². The molecule has 0 fully saturated rings. The first-order valence-corrected chi connectivity index (χ1v) is 4.92. The molecule has 0 rings (SSSR count). The number of ketones is 1. The second-order valence-electron chi connectivity index (χ2n) is 3.47. The molecular formula is C10H18O6. The van der Waals surface area contributed by atoms with Crippen LogP contribution < -0.4 is 0 Å². The third kappa shape index (κ3) is 4.38. The zero-order valence-electron chi connectivity index (χ0n) is 8.86. The molecular weight excluding hydrogens is 216 g/mol. The first-order valence-electron chi connectivity index (χ1n) is 4.92. The third-order valence-corrected chi connectivity index (χ3v) is 2.18. The Morgan fingerprint density at radius 1 is 1.19 bits per heavy atom. The Bertz CT molecular complexity index is 229. The van der Waals surface area contributed by atoms with E-state index in [0.717, 1.165) is 0 Å². The zero-order chi connectivity index (χ0) is 12.7. The summed E-state index contributed by atoms with van der Waals surface area (Å²) in [6.07, 6.45) is -5.15. The largest absolute Gasteiger partial charge is 0.394 e. The molecule has 4 atom stereocenters. The van der Waals surface area contributed by atoms with Gasteiger partial charge in [0.25, 0.3) is 0 Å². The summed E-state index contributed by atoms with van der Waals surface area (Å²) in [6, 6.07) is 0. The van der Waals surface area contributed by atoms with Crippen LogP contribution in [0, 0.1) is 0 Å². The van der Waals surface area contributed by atoms with Crippen LogP contribution in [0.4, 0.5) is 0 Å². The maximum Gasteiger partial charge on any atom is 0.164 e. The van der Waals surface area contributed by atoms with E-state index in [0.29, 0.717) is 6.42 Å². The van der Waals surface area contributed by atoms with Crippen LogP contribution in [0.1, 0.15) is 12.8 Å². The summed E-state index contributed by atoms with van der Waals surface area (Å²) in [6.45, 7) is 2.62. The van der Waals surface area contributed by atoms with Gasteiger partial charge in [0, 0.05) is 6.42 Å². The van der Waals surface area contributed by atoms with Crippen molar-refractivity contribution in [3.8, 4) is 0 Å². The van der Waals surface area contributed by atoms with E-state index in [4.69, 9.17) is 10.2 Å². The monoisotopic (exact) mass is 234 g/mol. The van der Waals surface area contributed by atoms with Crippen molar-refractivity contribution in [1.29, 1.82) is 0 Å². The van der Waals surface area contributed by atoms with Crippen molar-refractivity contribution >= 4 is 5.78 Å². The van der Waals surface area contributed by atoms with Gasteiger partial charge in [0.2, 0.25) is 0 Å². The number of aliphatic hydroxyl groups excluding tert-OH is 5. The Hall–Kier alpha value is -0.790. The van der Waals surface area contributed by atoms with Crippen LogP contribution in [-0.2, 0) is 4.79 Å². The minimum atomic E-state index is -1.82. The standard InChI is InChI=1S/C10H18O6/c1-2-3-4-6(12)8(14)10(16)9(15)7(13)5-11/h2,7-11,13-16H,1,3-5H2/t7-,8+,9-,10-/m1/s1. The Kier molecular flexibility index (Phi) is 7.11. The molecule has 0 aliphatic rings. The lowest BCUT2D eigenvalue weighted by atomic mass is 9.98.